The molecule has 1 amide bonds. The topological polar surface area (TPSA) is 72.5 Å². The van der Waals surface area contributed by atoms with Crippen LogP contribution < -0.4 is 9.46 Å². The first-order valence-corrected chi connectivity index (χ1v) is 9.35. The van der Waals surface area contributed by atoms with Crippen molar-refractivity contribution in [1.29, 1.82) is 0 Å². The summed E-state index contributed by atoms with van der Waals surface area (Å²) in [4.78, 5) is 11.6. The zero-order valence-corrected chi connectivity index (χ0v) is 14.7. The third-order valence-electron chi connectivity index (χ3n) is 3.36. The molecule has 1 aliphatic rings. The average molecular weight is 412 g/mol. The fourth-order valence-electron chi connectivity index (χ4n) is 1.90. The molecular formula is C14H16BrF2NO4S. The van der Waals surface area contributed by atoms with Gasteiger partial charge >= 0.3 is 0 Å². The van der Waals surface area contributed by atoms with E-state index in [1.807, 2.05) is 4.72 Å². The van der Waals surface area contributed by atoms with Crippen molar-refractivity contribution in [3.05, 3.63) is 28.2 Å². The van der Waals surface area contributed by atoms with Crippen molar-refractivity contribution >= 4 is 31.9 Å². The Morgan fingerprint density at radius 3 is 2.65 bits per heavy atom. The van der Waals surface area contributed by atoms with E-state index in [1.54, 1.807) is 0 Å². The molecule has 0 spiro atoms. The minimum atomic E-state index is -3.68. The largest absolute Gasteiger partial charge is 0.483 e. The van der Waals surface area contributed by atoms with Crippen LogP contribution in [0.15, 0.2) is 22.7 Å². The van der Waals surface area contributed by atoms with Crippen LogP contribution in [0, 0.1) is 0 Å². The zero-order chi connectivity index (χ0) is 17.3. The van der Waals surface area contributed by atoms with E-state index >= 15 is 0 Å². The molecule has 1 saturated carbocycles. The number of benzene rings is 1. The van der Waals surface area contributed by atoms with Crippen LogP contribution in [0.3, 0.4) is 0 Å². The molecule has 0 saturated heterocycles. The second kappa shape index (κ2) is 6.72. The number of halogens is 3. The van der Waals surface area contributed by atoms with Gasteiger partial charge in [0.1, 0.15) is 5.75 Å². The number of sulfonamides is 1. The Morgan fingerprint density at radius 2 is 2.09 bits per heavy atom. The van der Waals surface area contributed by atoms with E-state index in [2.05, 4.69) is 15.9 Å². The average Bonchev–Trinajstić information content (AvgIpc) is 3.30. The number of hydrogen-bond acceptors (Lipinski definition) is 4. The summed E-state index contributed by atoms with van der Waals surface area (Å²) in [5.41, 5.74) is -0.354. The summed E-state index contributed by atoms with van der Waals surface area (Å²) in [5.74, 6) is -4.15. The molecule has 1 N–H and O–H groups in total. The Labute approximate surface area is 141 Å². The van der Waals surface area contributed by atoms with Crippen molar-refractivity contribution in [1.82, 2.24) is 4.72 Å². The van der Waals surface area contributed by atoms with Crippen LogP contribution in [0.25, 0.3) is 0 Å². The Hall–Kier alpha value is -1.22. The summed E-state index contributed by atoms with van der Waals surface area (Å²) in [6.45, 7) is 0.681. The number of hydrogen-bond donors (Lipinski definition) is 1. The van der Waals surface area contributed by atoms with Crippen molar-refractivity contribution in [3.63, 3.8) is 0 Å². The van der Waals surface area contributed by atoms with Gasteiger partial charge < -0.3 is 4.74 Å². The van der Waals surface area contributed by atoms with E-state index in [1.165, 1.54) is 25.1 Å². The Morgan fingerprint density at radius 1 is 1.43 bits per heavy atom. The predicted molar refractivity (Wildman–Crippen MR) is 83.9 cm³/mol. The standard InChI is InChI=1S/C14H16BrF2NO4S/c1-2-14(16,17)11-7-9(15)3-6-12(11)22-8-13(19)18-23(20,21)10-4-5-10/h3,6-7,10H,2,4-5,8H2,1H3,(H,18,19). The van der Waals surface area contributed by atoms with Crippen molar-refractivity contribution < 1.29 is 26.7 Å². The first kappa shape index (κ1) is 18.1. The van der Waals surface area contributed by atoms with Gasteiger partial charge in [-0.2, -0.15) is 0 Å². The van der Waals surface area contributed by atoms with Gasteiger partial charge in [-0.05, 0) is 31.0 Å². The highest BCUT2D eigenvalue weighted by molar-refractivity contribution is 9.10. The summed E-state index contributed by atoms with van der Waals surface area (Å²) in [6.07, 6.45) is 0.605. The molecule has 1 aromatic rings. The van der Waals surface area contributed by atoms with E-state index in [9.17, 15) is 22.0 Å². The van der Waals surface area contributed by atoms with Gasteiger partial charge in [-0.25, -0.2) is 21.9 Å². The Balaban J connectivity index is 2.07. The second-order valence-electron chi connectivity index (χ2n) is 5.26. The van der Waals surface area contributed by atoms with E-state index in [4.69, 9.17) is 4.74 Å². The molecular weight excluding hydrogens is 396 g/mol. The van der Waals surface area contributed by atoms with Gasteiger partial charge in [-0.1, -0.05) is 22.9 Å². The molecule has 9 heteroatoms. The number of alkyl halides is 2. The molecule has 1 aromatic carbocycles. The van der Waals surface area contributed by atoms with E-state index in [-0.39, 0.29) is 11.3 Å². The molecule has 128 valence electrons. The lowest BCUT2D eigenvalue weighted by Crippen LogP contribution is -2.36. The maximum absolute atomic E-state index is 13.9. The minimum absolute atomic E-state index is 0.154. The number of carbonyl (C=O) groups excluding carboxylic acids is 1. The maximum atomic E-state index is 13.9. The first-order chi connectivity index (χ1) is 10.7. The van der Waals surface area contributed by atoms with Crippen LogP contribution >= 0.6 is 15.9 Å². The van der Waals surface area contributed by atoms with Crippen LogP contribution in [0.5, 0.6) is 5.75 Å². The molecule has 2 rings (SSSR count). The Bertz CT molecular complexity index is 705. The quantitative estimate of drug-likeness (QED) is 0.748. The van der Waals surface area contributed by atoms with E-state index in [0.29, 0.717) is 17.3 Å². The van der Waals surface area contributed by atoms with Gasteiger partial charge in [0.2, 0.25) is 10.0 Å². The molecule has 0 unspecified atom stereocenters. The van der Waals surface area contributed by atoms with Crippen molar-refractivity contribution in [2.75, 3.05) is 6.61 Å². The van der Waals surface area contributed by atoms with Crippen LogP contribution in [0.1, 0.15) is 31.7 Å². The van der Waals surface area contributed by atoms with Crippen LogP contribution in [-0.4, -0.2) is 26.2 Å². The third-order valence-corrected chi connectivity index (χ3v) is 5.71. The third kappa shape index (κ3) is 4.63. The summed E-state index contributed by atoms with van der Waals surface area (Å²) in [6, 6.07) is 4.03. The van der Waals surface area contributed by atoms with Crippen molar-refractivity contribution in [2.45, 2.75) is 37.4 Å². The normalized spacial score (nSPS) is 15.3. The highest BCUT2D eigenvalue weighted by Crippen LogP contribution is 2.39. The van der Waals surface area contributed by atoms with Gasteiger partial charge in [0.25, 0.3) is 11.8 Å². The summed E-state index contributed by atoms with van der Waals surface area (Å²) < 4.78 is 58.6. The van der Waals surface area contributed by atoms with Gasteiger partial charge in [-0.3, -0.25) is 4.79 Å². The van der Waals surface area contributed by atoms with Crippen LogP contribution in [0.2, 0.25) is 0 Å². The molecule has 0 bridgehead atoms. The number of nitrogens with one attached hydrogen (secondary N) is 1. The van der Waals surface area contributed by atoms with Crippen molar-refractivity contribution in [2.24, 2.45) is 0 Å². The highest BCUT2D eigenvalue weighted by atomic mass is 79.9. The fraction of sp³-hybridized carbons (Fsp3) is 0.500. The predicted octanol–water partition coefficient (Wildman–Crippen LogP) is 2.94. The lowest BCUT2D eigenvalue weighted by molar-refractivity contribution is -0.121. The lowest BCUT2D eigenvalue weighted by atomic mass is 10.1. The number of carbonyl (C=O) groups is 1. The summed E-state index contributed by atoms with van der Waals surface area (Å²) in [5, 5.41) is -0.542. The zero-order valence-electron chi connectivity index (χ0n) is 12.3. The molecule has 0 aromatic heterocycles. The van der Waals surface area contributed by atoms with E-state index in [0.717, 1.165) is 0 Å². The second-order valence-corrected chi connectivity index (χ2v) is 8.13. The van der Waals surface area contributed by atoms with Crippen LogP contribution in [-0.2, 0) is 20.7 Å². The molecule has 0 heterocycles. The van der Waals surface area contributed by atoms with E-state index < -0.39 is 40.1 Å². The lowest BCUT2D eigenvalue weighted by Gasteiger charge is -2.19. The maximum Gasteiger partial charge on any atom is 0.276 e. The highest BCUT2D eigenvalue weighted by Gasteiger charge is 2.37. The molecule has 1 aliphatic carbocycles. The minimum Gasteiger partial charge on any atom is -0.483 e. The van der Waals surface area contributed by atoms with Crippen LogP contribution in [0.4, 0.5) is 8.78 Å². The van der Waals surface area contributed by atoms with Gasteiger partial charge in [-0.15, -0.1) is 0 Å². The number of rotatable bonds is 7. The molecule has 23 heavy (non-hydrogen) atoms. The smallest absolute Gasteiger partial charge is 0.276 e. The molecule has 5 nitrogen and oxygen atoms in total. The molecule has 1 fully saturated rings. The monoisotopic (exact) mass is 411 g/mol. The first-order valence-electron chi connectivity index (χ1n) is 7.01. The van der Waals surface area contributed by atoms with Gasteiger partial charge in [0.05, 0.1) is 10.8 Å². The Kier molecular flexibility index (Phi) is 5.30. The van der Waals surface area contributed by atoms with Crippen molar-refractivity contribution in [3.8, 4) is 5.75 Å². The molecule has 0 aliphatic heterocycles. The van der Waals surface area contributed by atoms with Gasteiger partial charge in [0, 0.05) is 10.9 Å². The number of ether oxygens (including phenoxy) is 1. The summed E-state index contributed by atoms with van der Waals surface area (Å²) in [7, 11) is -3.68. The van der Waals surface area contributed by atoms with Gasteiger partial charge in [0.15, 0.2) is 6.61 Å². The summed E-state index contributed by atoms with van der Waals surface area (Å²) >= 11 is 3.11. The molecule has 0 radical (unpaired) electrons. The number of amides is 1. The fourth-order valence-corrected chi connectivity index (χ4v) is 3.56. The molecule has 0 atom stereocenters. The SMILES string of the molecule is CCC(F)(F)c1cc(Br)ccc1OCC(=O)NS(=O)(=O)C1CC1.